The van der Waals surface area contributed by atoms with E-state index >= 15 is 0 Å². The molecule has 0 aliphatic carbocycles. The summed E-state index contributed by atoms with van der Waals surface area (Å²) in [5.74, 6) is -0.0214. The highest BCUT2D eigenvalue weighted by Gasteiger charge is 2.06. The lowest BCUT2D eigenvalue weighted by molar-refractivity contribution is -0.134. The Morgan fingerprint density at radius 2 is 2.27 bits per heavy atom. The summed E-state index contributed by atoms with van der Waals surface area (Å²) in [5, 5.41) is 3.42. The Kier molecular flexibility index (Phi) is 4.19. The highest BCUT2D eigenvalue weighted by molar-refractivity contribution is 5.74. The molecule has 0 radical (unpaired) electrons. The minimum atomic E-state index is -0.321. The van der Waals surface area contributed by atoms with Gasteiger partial charge in [-0.25, -0.2) is 0 Å². The lowest BCUT2D eigenvalue weighted by Crippen LogP contribution is -2.06. The smallest absolute Gasteiger partial charge is 0.311 e. The second-order valence-corrected chi connectivity index (χ2v) is 2.88. The summed E-state index contributed by atoms with van der Waals surface area (Å²) in [4.78, 5) is 13.9. The van der Waals surface area contributed by atoms with E-state index in [1.165, 1.54) is 0 Å². The summed E-state index contributed by atoms with van der Waals surface area (Å²) in [5.41, 5.74) is 8.62. The van der Waals surface area contributed by atoms with Gasteiger partial charge >= 0.3 is 5.97 Å². The van der Waals surface area contributed by atoms with Crippen LogP contribution in [0.2, 0.25) is 0 Å². The maximum Gasteiger partial charge on any atom is 0.311 e. The molecule has 0 fully saturated rings. The third-order valence-electron chi connectivity index (χ3n) is 1.70. The molecule has 1 aromatic rings. The van der Waals surface area contributed by atoms with E-state index in [1.807, 2.05) is 6.92 Å². The van der Waals surface area contributed by atoms with Crippen molar-refractivity contribution in [2.24, 2.45) is 5.11 Å². The van der Waals surface area contributed by atoms with Gasteiger partial charge in [-0.2, -0.15) is 0 Å². The lowest BCUT2D eigenvalue weighted by atomic mass is 10.3. The number of esters is 1. The van der Waals surface area contributed by atoms with E-state index in [9.17, 15) is 4.79 Å². The Morgan fingerprint density at radius 1 is 1.53 bits per heavy atom. The molecule has 0 atom stereocenters. The molecule has 0 spiro atoms. The molecule has 1 rings (SSSR count). The fourth-order valence-electron chi connectivity index (χ4n) is 1.05. The monoisotopic (exact) mass is 205 g/mol. The molecule has 0 aromatic heterocycles. The van der Waals surface area contributed by atoms with Crippen LogP contribution in [0.1, 0.15) is 19.8 Å². The molecule has 0 saturated carbocycles. The predicted octanol–water partition coefficient (Wildman–Crippen LogP) is 3.33. The van der Waals surface area contributed by atoms with Crippen LogP contribution in [0.5, 0.6) is 5.75 Å². The van der Waals surface area contributed by atoms with Crippen LogP contribution in [0, 0.1) is 0 Å². The highest BCUT2D eigenvalue weighted by atomic mass is 16.5. The van der Waals surface area contributed by atoms with E-state index in [-0.39, 0.29) is 5.97 Å². The highest BCUT2D eigenvalue weighted by Crippen LogP contribution is 2.27. The molecule has 0 saturated heterocycles. The molecule has 78 valence electrons. The minimum absolute atomic E-state index is 0.300. The molecule has 5 nitrogen and oxygen atoms in total. The predicted molar refractivity (Wildman–Crippen MR) is 55.8 cm³/mol. The third kappa shape index (κ3) is 3.32. The van der Waals surface area contributed by atoms with E-state index in [2.05, 4.69) is 10.0 Å². The van der Waals surface area contributed by atoms with Crippen molar-refractivity contribution in [1.29, 1.82) is 0 Å². The zero-order chi connectivity index (χ0) is 11.1. The third-order valence-corrected chi connectivity index (χ3v) is 1.70. The van der Waals surface area contributed by atoms with E-state index in [0.717, 1.165) is 6.42 Å². The number of hydrogen-bond donors (Lipinski definition) is 0. The van der Waals surface area contributed by atoms with Gasteiger partial charge in [0.1, 0.15) is 5.75 Å². The lowest BCUT2D eigenvalue weighted by Gasteiger charge is -2.05. The van der Waals surface area contributed by atoms with Crippen LogP contribution in [-0.2, 0) is 4.79 Å². The second-order valence-electron chi connectivity index (χ2n) is 2.88. The minimum Gasteiger partial charge on any atom is -0.426 e. The summed E-state index contributed by atoms with van der Waals surface area (Å²) in [7, 11) is 0. The van der Waals surface area contributed by atoms with Crippen molar-refractivity contribution in [2.45, 2.75) is 19.8 Å². The van der Waals surface area contributed by atoms with Gasteiger partial charge in [0.15, 0.2) is 0 Å². The van der Waals surface area contributed by atoms with Crippen LogP contribution in [0.3, 0.4) is 0 Å². The number of rotatable bonds is 4. The Balaban J connectivity index is 2.84. The molecular weight excluding hydrogens is 194 g/mol. The zero-order valence-corrected chi connectivity index (χ0v) is 8.38. The largest absolute Gasteiger partial charge is 0.426 e. The van der Waals surface area contributed by atoms with Crippen molar-refractivity contribution >= 4 is 11.7 Å². The fraction of sp³-hybridized carbons (Fsp3) is 0.300. The first kappa shape index (κ1) is 11.1. The number of hydrogen-bond acceptors (Lipinski definition) is 3. The number of nitrogens with zero attached hydrogens (tertiary/aromatic N) is 3. The van der Waals surface area contributed by atoms with Crippen LogP contribution >= 0.6 is 0 Å². The molecule has 0 bridgehead atoms. The molecule has 0 amide bonds. The van der Waals surface area contributed by atoms with Crippen molar-refractivity contribution in [3.63, 3.8) is 0 Å². The molecular formula is C10H11N3O2. The maximum absolute atomic E-state index is 11.2. The summed E-state index contributed by atoms with van der Waals surface area (Å²) < 4.78 is 5.03. The number of azide groups is 1. The summed E-state index contributed by atoms with van der Waals surface area (Å²) in [6.45, 7) is 1.89. The SMILES string of the molecule is CCCC(=O)Oc1ccccc1N=[N+]=[N-]. The zero-order valence-electron chi connectivity index (χ0n) is 8.38. The number of carbonyl (C=O) groups is 1. The van der Waals surface area contributed by atoms with Crippen LogP contribution in [-0.4, -0.2) is 5.97 Å². The van der Waals surface area contributed by atoms with Gasteiger partial charge in [-0.3, -0.25) is 4.79 Å². The number of benzene rings is 1. The average Bonchev–Trinajstić information content (AvgIpc) is 2.21. The molecule has 0 aliphatic heterocycles. The molecule has 0 aliphatic rings. The van der Waals surface area contributed by atoms with Crippen LogP contribution in [0.4, 0.5) is 5.69 Å². The van der Waals surface area contributed by atoms with Crippen LogP contribution < -0.4 is 4.74 Å². The van der Waals surface area contributed by atoms with Gasteiger partial charge in [-0.15, -0.1) is 0 Å². The first-order chi connectivity index (χ1) is 7.27. The first-order valence-corrected chi connectivity index (χ1v) is 4.62. The van der Waals surface area contributed by atoms with Crippen molar-refractivity contribution in [1.82, 2.24) is 0 Å². The van der Waals surface area contributed by atoms with Crippen molar-refractivity contribution in [3.8, 4) is 5.75 Å². The van der Waals surface area contributed by atoms with Gasteiger partial charge in [-0.05, 0) is 24.1 Å². The van der Waals surface area contributed by atoms with Crippen molar-refractivity contribution < 1.29 is 9.53 Å². The van der Waals surface area contributed by atoms with Crippen LogP contribution in [0.25, 0.3) is 10.4 Å². The normalized spacial score (nSPS) is 9.13. The average molecular weight is 205 g/mol. The van der Waals surface area contributed by atoms with E-state index in [4.69, 9.17) is 10.3 Å². The maximum atomic E-state index is 11.2. The van der Waals surface area contributed by atoms with Crippen molar-refractivity contribution in [3.05, 3.63) is 34.7 Å². The molecule has 0 unspecified atom stereocenters. The topological polar surface area (TPSA) is 75.1 Å². The van der Waals surface area contributed by atoms with E-state index in [0.29, 0.717) is 17.9 Å². The number of ether oxygens (including phenoxy) is 1. The number of para-hydroxylation sites is 1. The van der Waals surface area contributed by atoms with Gasteiger partial charge < -0.3 is 4.74 Å². The molecule has 15 heavy (non-hydrogen) atoms. The van der Waals surface area contributed by atoms with E-state index in [1.54, 1.807) is 24.3 Å². The summed E-state index contributed by atoms with van der Waals surface area (Å²) in [6, 6.07) is 6.61. The first-order valence-electron chi connectivity index (χ1n) is 4.62. The molecule has 0 N–H and O–H groups in total. The number of carbonyl (C=O) groups excluding carboxylic acids is 1. The Morgan fingerprint density at radius 3 is 2.93 bits per heavy atom. The summed E-state index contributed by atoms with van der Waals surface area (Å²) >= 11 is 0. The van der Waals surface area contributed by atoms with Crippen LogP contribution in [0.15, 0.2) is 29.4 Å². The van der Waals surface area contributed by atoms with E-state index < -0.39 is 0 Å². The second kappa shape index (κ2) is 5.67. The molecule has 1 aromatic carbocycles. The molecule has 0 heterocycles. The standard InChI is InChI=1S/C10H11N3O2/c1-2-5-10(14)15-9-7-4-3-6-8(9)12-13-11/h3-4,6-7H,2,5H2,1H3. The van der Waals surface area contributed by atoms with Gasteiger partial charge in [0.2, 0.25) is 0 Å². The summed E-state index contributed by atoms with van der Waals surface area (Å²) in [6.07, 6.45) is 1.08. The Labute approximate surface area is 87.3 Å². The van der Waals surface area contributed by atoms with Gasteiger partial charge in [-0.1, -0.05) is 24.2 Å². The van der Waals surface area contributed by atoms with Gasteiger partial charge in [0.05, 0.1) is 5.69 Å². The Bertz CT molecular complexity index is 397. The quantitative estimate of drug-likeness (QED) is 0.248. The molecule has 5 heteroatoms. The Hall–Kier alpha value is -2.00. The fourth-order valence-corrected chi connectivity index (χ4v) is 1.05. The van der Waals surface area contributed by atoms with Gasteiger partial charge in [0, 0.05) is 11.3 Å². The van der Waals surface area contributed by atoms with Crippen molar-refractivity contribution in [2.75, 3.05) is 0 Å². The van der Waals surface area contributed by atoms with Gasteiger partial charge in [0.25, 0.3) is 0 Å².